The summed E-state index contributed by atoms with van der Waals surface area (Å²) in [7, 11) is -6.85. The SMILES string of the molecule is C[Si](C)(C)C#Cc1c(C=O)sc(-c2sc(C=O)c(C#C[Si](C)(C)C)c2C#C[Si](C)(C)C)c1C#C[Si](C)(C)C. The van der Waals surface area contributed by atoms with Gasteiger partial charge in [0.15, 0.2) is 12.6 Å². The molecule has 0 saturated carbocycles. The number of hydrogen-bond acceptors (Lipinski definition) is 4. The highest BCUT2D eigenvalue weighted by molar-refractivity contribution is 7.24. The second kappa shape index (κ2) is 11.9. The van der Waals surface area contributed by atoms with Crippen LogP contribution < -0.4 is 0 Å². The van der Waals surface area contributed by atoms with E-state index in [2.05, 4.69) is 124 Å². The van der Waals surface area contributed by atoms with Gasteiger partial charge in [0.25, 0.3) is 0 Å². The van der Waals surface area contributed by atoms with Crippen molar-refractivity contribution in [2.24, 2.45) is 0 Å². The van der Waals surface area contributed by atoms with Crippen LogP contribution in [0.1, 0.15) is 41.6 Å². The molecule has 8 heteroatoms. The number of rotatable bonds is 3. The fraction of sp³-hybridized carbons (Fsp3) is 0.400. The van der Waals surface area contributed by atoms with Crippen LogP contribution in [0.15, 0.2) is 0 Å². The van der Waals surface area contributed by atoms with Crippen molar-refractivity contribution in [3.8, 4) is 55.6 Å². The molecule has 0 amide bonds. The van der Waals surface area contributed by atoms with E-state index in [1.807, 2.05) is 0 Å². The molecule has 0 aliphatic carbocycles. The molecule has 2 aromatic heterocycles. The lowest BCUT2D eigenvalue weighted by Gasteiger charge is -2.06. The normalized spacial score (nSPS) is 11.6. The maximum atomic E-state index is 12.3. The molecule has 0 aliphatic rings. The predicted molar refractivity (Wildman–Crippen MR) is 179 cm³/mol. The van der Waals surface area contributed by atoms with Crippen molar-refractivity contribution < 1.29 is 9.59 Å². The van der Waals surface area contributed by atoms with Crippen LogP contribution in [0, 0.1) is 45.9 Å². The molecule has 0 N–H and O–H groups in total. The highest BCUT2D eigenvalue weighted by Gasteiger charge is 2.25. The van der Waals surface area contributed by atoms with E-state index in [0.717, 1.165) is 33.5 Å². The maximum Gasteiger partial charge on any atom is 0.161 e. The van der Waals surface area contributed by atoms with Gasteiger partial charge in [0.05, 0.1) is 41.8 Å². The van der Waals surface area contributed by atoms with Crippen molar-refractivity contribution in [2.45, 2.75) is 78.6 Å². The average Bonchev–Trinajstić information content (AvgIpc) is 3.28. The van der Waals surface area contributed by atoms with Gasteiger partial charge < -0.3 is 0 Å². The zero-order valence-electron chi connectivity index (χ0n) is 24.8. The molecule has 2 rings (SSSR count). The second-order valence-corrected chi connectivity index (χ2v) is 34.4. The summed E-state index contributed by atoms with van der Waals surface area (Å²) in [5.74, 6) is 13.6. The molecule has 0 fully saturated rings. The molecule has 2 heterocycles. The predicted octanol–water partition coefficient (Wildman–Crippen LogP) is 8.02. The van der Waals surface area contributed by atoms with E-state index in [0.29, 0.717) is 20.9 Å². The third-order valence-electron chi connectivity index (χ3n) is 4.54. The molecule has 198 valence electrons. The summed E-state index contributed by atoms with van der Waals surface area (Å²) >= 11 is 2.80. The molecule has 0 atom stereocenters. The molecule has 0 aromatic carbocycles. The van der Waals surface area contributed by atoms with Crippen LogP contribution in [-0.4, -0.2) is 44.9 Å². The van der Waals surface area contributed by atoms with Gasteiger partial charge in [-0.1, -0.05) is 102 Å². The number of hydrogen-bond donors (Lipinski definition) is 0. The quantitative estimate of drug-likeness (QED) is 0.201. The van der Waals surface area contributed by atoms with Gasteiger partial charge >= 0.3 is 0 Å². The average molecular weight is 607 g/mol. The van der Waals surface area contributed by atoms with Crippen molar-refractivity contribution in [2.75, 3.05) is 0 Å². The lowest BCUT2D eigenvalue weighted by atomic mass is 10.0. The molecule has 0 bridgehead atoms. The van der Waals surface area contributed by atoms with E-state index in [4.69, 9.17) is 0 Å². The van der Waals surface area contributed by atoms with E-state index < -0.39 is 32.3 Å². The zero-order valence-corrected chi connectivity index (χ0v) is 30.4. The molecular weight excluding hydrogens is 569 g/mol. The Morgan fingerprint density at radius 1 is 0.447 bits per heavy atom. The van der Waals surface area contributed by atoms with Crippen molar-refractivity contribution in [1.82, 2.24) is 0 Å². The smallest absolute Gasteiger partial charge is 0.161 e. The lowest BCUT2D eigenvalue weighted by Crippen LogP contribution is -2.17. The Morgan fingerprint density at radius 2 is 0.684 bits per heavy atom. The Balaban J connectivity index is 3.11. The van der Waals surface area contributed by atoms with Crippen LogP contribution >= 0.6 is 22.7 Å². The largest absolute Gasteiger partial charge is 0.297 e. The van der Waals surface area contributed by atoms with Gasteiger partial charge in [0.2, 0.25) is 0 Å². The standard InChI is InChI=1S/C30H38O2S2Si4/c1-35(2,3)17-13-23-25(15-19-37(7,8)9)29(33-27(23)21-31)30-26(16-20-38(10,11)12)24(28(22-32)34-30)14-18-36(4,5)6/h21-22H,1-12H3. The van der Waals surface area contributed by atoms with Crippen molar-refractivity contribution in [3.63, 3.8) is 0 Å². The number of carbonyl (C=O) groups excluding carboxylic acids is 2. The monoisotopic (exact) mass is 606 g/mol. The van der Waals surface area contributed by atoms with Crippen LogP contribution in [0.2, 0.25) is 78.6 Å². The summed E-state index contributed by atoms with van der Waals surface area (Å²) in [4.78, 5) is 27.4. The molecule has 0 aliphatic heterocycles. The highest BCUT2D eigenvalue weighted by atomic mass is 32.1. The molecular formula is C30H38O2S2Si4. The van der Waals surface area contributed by atoms with E-state index in [1.54, 1.807) is 0 Å². The maximum absolute atomic E-state index is 12.3. The third-order valence-corrected chi connectivity index (χ3v) is 10.4. The number of thiophene rings is 2. The number of aldehydes is 2. The van der Waals surface area contributed by atoms with Crippen LogP contribution in [0.25, 0.3) is 9.75 Å². The minimum atomic E-state index is -1.72. The molecule has 0 radical (unpaired) electrons. The topological polar surface area (TPSA) is 34.1 Å². The Labute approximate surface area is 242 Å². The van der Waals surface area contributed by atoms with E-state index >= 15 is 0 Å². The first-order chi connectivity index (χ1) is 17.2. The first kappa shape index (κ1) is 32.1. The van der Waals surface area contributed by atoms with E-state index in [1.165, 1.54) is 22.7 Å². The summed E-state index contributed by atoms with van der Waals surface area (Å²) in [6.07, 6.45) is 1.77. The first-order valence-electron chi connectivity index (χ1n) is 12.6. The molecule has 38 heavy (non-hydrogen) atoms. The van der Waals surface area contributed by atoms with Crippen LogP contribution in [0.5, 0.6) is 0 Å². The van der Waals surface area contributed by atoms with E-state index in [-0.39, 0.29) is 0 Å². The third kappa shape index (κ3) is 9.55. The number of carbonyl (C=O) groups is 2. The molecule has 0 spiro atoms. The summed E-state index contributed by atoms with van der Waals surface area (Å²) < 4.78 is 0. The summed E-state index contributed by atoms with van der Waals surface area (Å²) in [5.41, 5.74) is 16.8. The van der Waals surface area contributed by atoms with Gasteiger partial charge in [-0.15, -0.1) is 44.8 Å². The molecule has 0 unspecified atom stereocenters. The Hall–Kier alpha value is -2.15. The van der Waals surface area contributed by atoms with Crippen molar-refractivity contribution in [1.29, 1.82) is 0 Å². The van der Waals surface area contributed by atoms with Gasteiger partial charge in [0.1, 0.15) is 32.3 Å². The van der Waals surface area contributed by atoms with Gasteiger partial charge in [-0.25, -0.2) is 0 Å². The molecule has 2 aromatic rings. The second-order valence-electron chi connectivity index (χ2n) is 13.3. The lowest BCUT2D eigenvalue weighted by molar-refractivity contribution is 0.111. The Bertz CT molecular complexity index is 1390. The highest BCUT2D eigenvalue weighted by Crippen LogP contribution is 2.43. The van der Waals surface area contributed by atoms with Crippen molar-refractivity contribution in [3.05, 3.63) is 32.0 Å². The van der Waals surface area contributed by atoms with E-state index in [9.17, 15) is 9.59 Å². The summed E-state index contributed by atoms with van der Waals surface area (Å²) in [6.45, 7) is 26.3. The fourth-order valence-electron chi connectivity index (χ4n) is 2.87. The fourth-order valence-corrected chi connectivity index (χ4v) is 7.07. The van der Waals surface area contributed by atoms with Gasteiger partial charge in [0, 0.05) is 0 Å². The zero-order chi connectivity index (χ0) is 29.1. The van der Waals surface area contributed by atoms with Gasteiger partial charge in [-0.2, -0.15) is 0 Å². The van der Waals surface area contributed by atoms with Crippen LogP contribution in [-0.2, 0) is 0 Å². The summed E-state index contributed by atoms with van der Waals surface area (Å²) in [6, 6.07) is 0. The molecule has 0 saturated heterocycles. The Morgan fingerprint density at radius 3 is 0.895 bits per heavy atom. The Kier molecular flexibility index (Phi) is 10.1. The van der Waals surface area contributed by atoms with Gasteiger partial charge in [-0.3, -0.25) is 9.59 Å². The minimum absolute atomic E-state index is 0.575. The van der Waals surface area contributed by atoms with Gasteiger partial charge in [-0.05, 0) is 0 Å². The van der Waals surface area contributed by atoms with Crippen LogP contribution in [0.3, 0.4) is 0 Å². The summed E-state index contributed by atoms with van der Waals surface area (Å²) in [5, 5.41) is 0. The minimum Gasteiger partial charge on any atom is -0.297 e. The molecule has 2 nitrogen and oxygen atoms in total. The van der Waals surface area contributed by atoms with Crippen molar-refractivity contribution >= 4 is 67.5 Å². The first-order valence-corrected chi connectivity index (χ1v) is 28.2. The van der Waals surface area contributed by atoms with Crippen LogP contribution in [0.4, 0.5) is 0 Å².